The summed E-state index contributed by atoms with van der Waals surface area (Å²) in [7, 11) is -2.14. The molecular formula is C15H13N7O3S. The molecule has 26 heavy (non-hydrogen) atoms. The summed E-state index contributed by atoms with van der Waals surface area (Å²) in [5.74, 6) is 0. The third-order valence-corrected chi connectivity index (χ3v) is 5.52. The first-order valence-electron chi connectivity index (χ1n) is 7.53. The number of nitrogens with one attached hydrogen (secondary N) is 1. The van der Waals surface area contributed by atoms with Crippen LogP contribution < -0.4 is 5.56 Å². The number of aromatic amines is 1. The monoisotopic (exact) mass is 371 g/mol. The van der Waals surface area contributed by atoms with Crippen LogP contribution in [0, 0.1) is 0 Å². The quantitative estimate of drug-likeness (QED) is 0.540. The molecule has 4 rings (SSSR count). The Hall–Kier alpha value is -3.34. The van der Waals surface area contributed by atoms with Crippen molar-refractivity contribution in [3.8, 4) is 0 Å². The van der Waals surface area contributed by atoms with Gasteiger partial charge in [-0.25, -0.2) is 18.1 Å². The summed E-state index contributed by atoms with van der Waals surface area (Å²) in [5.41, 5.74) is 0.446. The highest BCUT2D eigenvalue weighted by Crippen LogP contribution is 2.21. The molecule has 1 N–H and O–H groups in total. The Bertz CT molecular complexity index is 1260. The van der Waals surface area contributed by atoms with Gasteiger partial charge in [0.05, 0.1) is 29.5 Å². The molecule has 0 aliphatic rings. The largest absolute Gasteiger partial charge is 0.293 e. The molecule has 132 valence electrons. The highest BCUT2D eigenvalue weighted by atomic mass is 32.2. The second-order valence-corrected chi connectivity index (χ2v) is 7.60. The Morgan fingerprint density at radius 1 is 1.15 bits per heavy atom. The summed E-state index contributed by atoms with van der Waals surface area (Å²) in [5, 5.41) is 14.9. The van der Waals surface area contributed by atoms with Gasteiger partial charge in [-0.15, -0.1) is 0 Å². The summed E-state index contributed by atoms with van der Waals surface area (Å²) in [4.78, 5) is 16.6. The van der Waals surface area contributed by atoms with E-state index in [0.29, 0.717) is 5.39 Å². The zero-order valence-corrected chi connectivity index (χ0v) is 14.4. The SMILES string of the molecule is Cn1cc(S(=O)(=O)c2cnc3c(=O)n(Cc4ccn[nH]4)ncc3c2)cn1. The summed E-state index contributed by atoms with van der Waals surface area (Å²) in [6, 6.07) is 3.12. The average Bonchev–Trinajstić information content (AvgIpc) is 3.29. The summed E-state index contributed by atoms with van der Waals surface area (Å²) in [6.45, 7) is 0.214. The molecule has 0 spiro atoms. The lowest BCUT2D eigenvalue weighted by molar-refractivity contribution is 0.595. The van der Waals surface area contributed by atoms with Crippen LogP contribution >= 0.6 is 0 Å². The molecule has 0 unspecified atom stereocenters. The molecule has 0 fully saturated rings. The fourth-order valence-corrected chi connectivity index (χ4v) is 3.74. The molecule has 0 atom stereocenters. The average molecular weight is 371 g/mol. The van der Waals surface area contributed by atoms with Crippen LogP contribution in [0.4, 0.5) is 0 Å². The number of hydrogen-bond acceptors (Lipinski definition) is 7. The minimum atomic E-state index is -3.77. The number of nitrogens with zero attached hydrogens (tertiary/aromatic N) is 6. The van der Waals surface area contributed by atoms with Gasteiger partial charge in [-0.3, -0.25) is 14.6 Å². The van der Waals surface area contributed by atoms with Gasteiger partial charge in [-0.2, -0.15) is 15.3 Å². The van der Waals surface area contributed by atoms with Crippen molar-refractivity contribution >= 4 is 20.7 Å². The molecule has 0 aromatic carbocycles. The van der Waals surface area contributed by atoms with Gasteiger partial charge < -0.3 is 0 Å². The first-order chi connectivity index (χ1) is 12.4. The summed E-state index contributed by atoms with van der Waals surface area (Å²) in [6.07, 6.45) is 6.84. The zero-order chi connectivity index (χ0) is 18.3. The Balaban J connectivity index is 1.78. The van der Waals surface area contributed by atoms with Gasteiger partial charge in [0.1, 0.15) is 10.4 Å². The van der Waals surface area contributed by atoms with E-state index in [0.717, 1.165) is 5.69 Å². The lowest BCUT2D eigenvalue weighted by atomic mass is 10.3. The molecule has 0 saturated carbocycles. The Labute approximate surface area is 147 Å². The van der Waals surface area contributed by atoms with Crippen molar-refractivity contribution in [2.45, 2.75) is 16.3 Å². The fourth-order valence-electron chi connectivity index (χ4n) is 2.51. The minimum Gasteiger partial charge on any atom is -0.281 e. The van der Waals surface area contributed by atoms with E-state index in [-0.39, 0.29) is 21.9 Å². The van der Waals surface area contributed by atoms with Crippen LogP contribution in [0.1, 0.15) is 5.69 Å². The molecular weight excluding hydrogens is 358 g/mol. The van der Waals surface area contributed by atoms with Crippen molar-refractivity contribution in [3.63, 3.8) is 0 Å². The number of sulfone groups is 1. The Morgan fingerprint density at radius 3 is 2.69 bits per heavy atom. The van der Waals surface area contributed by atoms with Gasteiger partial charge in [0.15, 0.2) is 0 Å². The van der Waals surface area contributed by atoms with E-state index in [4.69, 9.17) is 0 Å². The molecule has 0 bridgehead atoms. The van der Waals surface area contributed by atoms with Gasteiger partial charge in [-0.05, 0) is 12.1 Å². The highest BCUT2D eigenvalue weighted by molar-refractivity contribution is 7.91. The number of pyridine rings is 1. The van der Waals surface area contributed by atoms with Crippen molar-refractivity contribution in [3.05, 3.63) is 59.2 Å². The molecule has 0 aliphatic carbocycles. The maximum absolute atomic E-state index is 12.6. The standard InChI is InChI=1S/C15H13N7O3S/c1-21-9-13(7-18-21)26(24,25)12-4-10-5-19-22(8-11-2-3-17-20-11)15(23)14(10)16-6-12/h2-7,9H,8H2,1H3,(H,17,20). The van der Waals surface area contributed by atoms with E-state index in [1.54, 1.807) is 19.3 Å². The van der Waals surface area contributed by atoms with E-state index >= 15 is 0 Å². The molecule has 4 aromatic rings. The lowest BCUT2D eigenvalue weighted by Gasteiger charge is -2.06. The number of fused-ring (bicyclic) bond motifs is 1. The normalized spacial score (nSPS) is 11.9. The molecule has 4 aromatic heterocycles. The first kappa shape index (κ1) is 16.1. The number of hydrogen-bond donors (Lipinski definition) is 1. The van der Waals surface area contributed by atoms with Gasteiger partial charge in [0, 0.05) is 31.0 Å². The molecule has 11 heteroatoms. The third kappa shape index (κ3) is 2.67. The second-order valence-electron chi connectivity index (χ2n) is 5.65. The minimum absolute atomic E-state index is 0.0227. The first-order valence-corrected chi connectivity index (χ1v) is 9.01. The molecule has 0 radical (unpaired) electrons. The molecule has 4 heterocycles. The fraction of sp³-hybridized carbons (Fsp3) is 0.133. The predicted octanol–water partition coefficient (Wildman–Crippen LogP) is 0.129. The van der Waals surface area contributed by atoms with Crippen LogP contribution in [0.3, 0.4) is 0 Å². The van der Waals surface area contributed by atoms with Crippen molar-refractivity contribution in [1.29, 1.82) is 0 Å². The summed E-state index contributed by atoms with van der Waals surface area (Å²) < 4.78 is 27.9. The highest BCUT2D eigenvalue weighted by Gasteiger charge is 2.21. The number of rotatable bonds is 4. The maximum Gasteiger partial charge on any atom is 0.293 e. The van der Waals surface area contributed by atoms with Crippen LogP contribution in [0.25, 0.3) is 10.9 Å². The Morgan fingerprint density at radius 2 is 2.00 bits per heavy atom. The topological polar surface area (TPSA) is 128 Å². The van der Waals surface area contributed by atoms with Crippen LogP contribution in [0.2, 0.25) is 0 Å². The van der Waals surface area contributed by atoms with Crippen molar-refractivity contribution < 1.29 is 8.42 Å². The third-order valence-electron chi connectivity index (χ3n) is 3.85. The number of aryl methyl sites for hydroxylation is 1. The van der Waals surface area contributed by atoms with E-state index in [9.17, 15) is 13.2 Å². The van der Waals surface area contributed by atoms with Gasteiger partial charge in [0.25, 0.3) is 5.56 Å². The predicted molar refractivity (Wildman–Crippen MR) is 90.1 cm³/mol. The van der Waals surface area contributed by atoms with Crippen LogP contribution in [-0.2, 0) is 23.4 Å². The zero-order valence-electron chi connectivity index (χ0n) is 13.6. The van der Waals surface area contributed by atoms with Gasteiger partial charge in [-0.1, -0.05) is 0 Å². The Kier molecular flexibility index (Phi) is 3.65. The van der Waals surface area contributed by atoms with Crippen molar-refractivity contribution in [1.82, 2.24) is 34.7 Å². The van der Waals surface area contributed by atoms with E-state index in [1.165, 1.54) is 40.2 Å². The van der Waals surface area contributed by atoms with Gasteiger partial charge >= 0.3 is 0 Å². The van der Waals surface area contributed by atoms with Crippen molar-refractivity contribution in [2.75, 3.05) is 0 Å². The van der Waals surface area contributed by atoms with Crippen LogP contribution in [-0.4, -0.2) is 43.2 Å². The van der Waals surface area contributed by atoms with Gasteiger partial charge in [0.2, 0.25) is 9.84 Å². The van der Waals surface area contributed by atoms with Crippen LogP contribution in [0.15, 0.2) is 57.7 Å². The maximum atomic E-state index is 12.6. The number of aromatic nitrogens is 7. The smallest absolute Gasteiger partial charge is 0.281 e. The molecule has 0 amide bonds. The molecule has 10 nitrogen and oxygen atoms in total. The number of H-pyrrole nitrogens is 1. The second kappa shape index (κ2) is 5.88. The summed E-state index contributed by atoms with van der Waals surface area (Å²) >= 11 is 0. The van der Waals surface area contributed by atoms with E-state index in [1.807, 2.05) is 0 Å². The van der Waals surface area contributed by atoms with Crippen molar-refractivity contribution in [2.24, 2.45) is 7.05 Å². The van der Waals surface area contributed by atoms with E-state index < -0.39 is 15.4 Å². The molecule has 0 saturated heterocycles. The van der Waals surface area contributed by atoms with E-state index in [2.05, 4.69) is 25.4 Å². The van der Waals surface area contributed by atoms with Crippen LogP contribution in [0.5, 0.6) is 0 Å². The molecule has 0 aliphatic heterocycles. The lowest BCUT2D eigenvalue weighted by Crippen LogP contribution is -2.24.